The summed E-state index contributed by atoms with van der Waals surface area (Å²) in [5.41, 5.74) is 0. The summed E-state index contributed by atoms with van der Waals surface area (Å²) in [5.74, 6) is -0.395. The van der Waals surface area contributed by atoms with E-state index in [4.69, 9.17) is 5.11 Å². The molecule has 0 aromatic carbocycles. The fourth-order valence-corrected chi connectivity index (χ4v) is 2.05. The summed E-state index contributed by atoms with van der Waals surface area (Å²) in [7, 11) is 0. The molecular weight excluding hydrogens is 218 g/mol. The van der Waals surface area contributed by atoms with E-state index >= 15 is 0 Å². The van der Waals surface area contributed by atoms with Crippen molar-refractivity contribution in [3.05, 3.63) is 0 Å². The number of nitrogens with one attached hydrogen (secondary N) is 1. The van der Waals surface area contributed by atoms with Crippen LogP contribution in [0.1, 0.15) is 52.4 Å². The Kier molecular flexibility index (Phi) is 5.45. The number of carbonyl (C=O) groups is 2. The predicted octanol–water partition coefficient (Wildman–Crippen LogP) is 2.18. The normalized spacial score (nSPS) is 19.2. The molecule has 4 heteroatoms. The molecule has 0 aromatic rings. The Morgan fingerprint density at radius 3 is 2.47 bits per heavy atom. The van der Waals surface area contributed by atoms with E-state index in [9.17, 15) is 9.59 Å². The molecule has 1 fully saturated rings. The smallest absolute Gasteiger partial charge is 0.326 e. The van der Waals surface area contributed by atoms with Gasteiger partial charge in [-0.15, -0.1) is 0 Å². The molecule has 0 heterocycles. The molecule has 0 spiro atoms. The van der Waals surface area contributed by atoms with Crippen LogP contribution in [0.5, 0.6) is 0 Å². The van der Waals surface area contributed by atoms with Crippen LogP contribution >= 0.6 is 0 Å². The number of amides is 1. The predicted molar refractivity (Wildman–Crippen MR) is 65.6 cm³/mol. The zero-order valence-corrected chi connectivity index (χ0v) is 10.7. The van der Waals surface area contributed by atoms with Crippen LogP contribution in [0, 0.1) is 11.8 Å². The van der Waals surface area contributed by atoms with Gasteiger partial charge in [-0.2, -0.15) is 0 Å². The third-order valence-corrected chi connectivity index (χ3v) is 3.80. The highest BCUT2D eigenvalue weighted by atomic mass is 16.4. The van der Waals surface area contributed by atoms with Crippen molar-refractivity contribution >= 4 is 11.9 Å². The van der Waals surface area contributed by atoms with Crippen molar-refractivity contribution in [3.63, 3.8) is 0 Å². The molecule has 0 aliphatic heterocycles. The summed E-state index contributed by atoms with van der Waals surface area (Å²) in [5, 5.41) is 11.7. The first kappa shape index (κ1) is 14.0. The molecule has 0 radical (unpaired) electrons. The maximum atomic E-state index is 11.6. The second-order valence-corrected chi connectivity index (χ2v) is 5.10. The quantitative estimate of drug-likeness (QED) is 0.718. The first-order valence-corrected chi connectivity index (χ1v) is 6.56. The third kappa shape index (κ3) is 4.36. The van der Waals surface area contributed by atoms with Gasteiger partial charge in [0, 0.05) is 6.42 Å². The number of carboxylic acid groups (broad SMARTS) is 1. The van der Waals surface area contributed by atoms with E-state index in [0.29, 0.717) is 12.3 Å². The molecule has 1 amide bonds. The topological polar surface area (TPSA) is 66.4 Å². The van der Waals surface area contributed by atoms with Crippen LogP contribution in [0.4, 0.5) is 0 Å². The number of hydrogen-bond donors (Lipinski definition) is 2. The van der Waals surface area contributed by atoms with Gasteiger partial charge >= 0.3 is 5.97 Å². The highest BCUT2D eigenvalue weighted by molar-refractivity contribution is 5.83. The monoisotopic (exact) mass is 241 g/mol. The molecule has 1 saturated carbocycles. The van der Waals surface area contributed by atoms with Crippen LogP contribution in [0.15, 0.2) is 0 Å². The highest BCUT2D eigenvalue weighted by Crippen LogP contribution is 2.30. The number of hydrogen-bond acceptors (Lipinski definition) is 2. The minimum absolute atomic E-state index is 0.0276. The van der Waals surface area contributed by atoms with Crippen LogP contribution in [-0.2, 0) is 9.59 Å². The second kappa shape index (κ2) is 6.62. The molecule has 0 aromatic heterocycles. The van der Waals surface area contributed by atoms with Gasteiger partial charge in [0.05, 0.1) is 0 Å². The zero-order chi connectivity index (χ0) is 12.8. The van der Waals surface area contributed by atoms with Gasteiger partial charge in [0.25, 0.3) is 0 Å². The lowest BCUT2D eigenvalue weighted by atomic mass is 9.82. The van der Waals surface area contributed by atoms with Crippen LogP contribution in [0.25, 0.3) is 0 Å². The molecule has 1 rings (SSSR count). The van der Waals surface area contributed by atoms with Gasteiger partial charge in [-0.1, -0.05) is 39.5 Å². The van der Waals surface area contributed by atoms with E-state index in [2.05, 4.69) is 5.32 Å². The minimum atomic E-state index is -0.934. The molecule has 0 unspecified atom stereocenters. The summed E-state index contributed by atoms with van der Waals surface area (Å²) in [6.07, 6.45) is 5.84. The minimum Gasteiger partial charge on any atom is -0.480 e. The van der Waals surface area contributed by atoms with Crippen LogP contribution in [-0.4, -0.2) is 23.0 Å². The molecule has 17 heavy (non-hydrogen) atoms. The SMILES string of the molecule is CC[C@H](C)[C@H](NC(=O)CCC1CCC1)C(=O)O. The summed E-state index contributed by atoms with van der Waals surface area (Å²) in [4.78, 5) is 22.7. The van der Waals surface area contributed by atoms with E-state index in [1.165, 1.54) is 19.3 Å². The molecular formula is C13H23NO3. The highest BCUT2D eigenvalue weighted by Gasteiger charge is 2.26. The van der Waals surface area contributed by atoms with Gasteiger partial charge in [0.2, 0.25) is 5.91 Å². The Hall–Kier alpha value is -1.06. The number of rotatable bonds is 7. The van der Waals surface area contributed by atoms with Crippen LogP contribution in [0.2, 0.25) is 0 Å². The van der Waals surface area contributed by atoms with Crippen LogP contribution in [0.3, 0.4) is 0 Å². The van der Waals surface area contributed by atoms with E-state index in [-0.39, 0.29) is 11.8 Å². The molecule has 0 bridgehead atoms. The van der Waals surface area contributed by atoms with Crippen molar-refractivity contribution in [3.8, 4) is 0 Å². The largest absolute Gasteiger partial charge is 0.480 e. The van der Waals surface area contributed by atoms with E-state index < -0.39 is 12.0 Å². The zero-order valence-electron chi connectivity index (χ0n) is 10.7. The van der Waals surface area contributed by atoms with E-state index in [1.807, 2.05) is 13.8 Å². The van der Waals surface area contributed by atoms with Crippen molar-refractivity contribution in [1.82, 2.24) is 5.32 Å². The molecule has 1 aliphatic carbocycles. The van der Waals surface area contributed by atoms with Crippen molar-refractivity contribution in [2.45, 2.75) is 58.4 Å². The fourth-order valence-electron chi connectivity index (χ4n) is 2.05. The Balaban J connectivity index is 2.32. The molecule has 1 aliphatic rings. The number of aliphatic carboxylic acids is 1. The summed E-state index contributed by atoms with van der Waals surface area (Å²) in [6, 6.07) is -0.742. The first-order valence-electron chi connectivity index (χ1n) is 6.56. The lowest BCUT2D eigenvalue weighted by Crippen LogP contribution is -2.45. The number of carbonyl (C=O) groups excluding carboxylic acids is 1. The molecule has 0 saturated heterocycles. The average Bonchev–Trinajstić information content (AvgIpc) is 2.22. The molecule has 98 valence electrons. The molecule has 2 N–H and O–H groups in total. The lowest BCUT2D eigenvalue weighted by Gasteiger charge is -2.25. The van der Waals surface area contributed by atoms with Gasteiger partial charge in [-0.05, 0) is 18.3 Å². The molecule has 2 atom stereocenters. The van der Waals surface area contributed by atoms with Gasteiger partial charge in [-0.3, -0.25) is 4.79 Å². The Morgan fingerprint density at radius 1 is 1.41 bits per heavy atom. The van der Waals surface area contributed by atoms with Crippen molar-refractivity contribution in [2.24, 2.45) is 11.8 Å². The van der Waals surface area contributed by atoms with Crippen molar-refractivity contribution < 1.29 is 14.7 Å². The maximum Gasteiger partial charge on any atom is 0.326 e. The summed E-state index contributed by atoms with van der Waals surface area (Å²) >= 11 is 0. The first-order chi connectivity index (χ1) is 8.04. The standard InChI is InChI=1S/C13H23NO3/c1-3-9(2)12(13(16)17)14-11(15)8-7-10-5-4-6-10/h9-10,12H,3-8H2,1-2H3,(H,14,15)(H,16,17)/t9-,12-/m0/s1. The van der Waals surface area contributed by atoms with Crippen molar-refractivity contribution in [1.29, 1.82) is 0 Å². The van der Waals surface area contributed by atoms with Gasteiger partial charge in [-0.25, -0.2) is 4.79 Å². The lowest BCUT2D eigenvalue weighted by molar-refractivity contribution is -0.143. The second-order valence-electron chi connectivity index (χ2n) is 5.10. The Labute approximate surface area is 103 Å². The Bertz CT molecular complexity index is 274. The molecule has 4 nitrogen and oxygen atoms in total. The fraction of sp³-hybridized carbons (Fsp3) is 0.846. The van der Waals surface area contributed by atoms with Gasteiger partial charge in [0.1, 0.15) is 6.04 Å². The van der Waals surface area contributed by atoms with E-state index in [1.54, 1.807) is 0 Å². The Morgan fingerprint density at radius 2 is 2.06 bits per heavy atom. The number of carboxylic acids is 1. The summed E-state index contributed by atoms with van der Waals surface area (Å²) < 4.78 is 0. The van der Waals surface area contributed by atoms with E-state index in [0.717, 1.165) is 12.8 Å². The summed E-state index contributed by atoms with van der Waals surface area (Å²) in [6.45, 7) is 3.78. The van der Waals surface area contributed by atoms with Gasteiger partial charge < -0.3 is 10.4 Å². The van der Waals surface area contributed by atoms with Crippen LogP contribution < -0.4 is 5.32 Å². The van der Waals surface area contributed by atoms with Crippen molar-refractivity contribution in [2.75, 3.05) is 0 Å². The third-order valence-electron chi connectivity index (χ3n) is 3.80. The maximum absolute atomic E-state index is 11.6. The average molecular weight is 241 g/mol. The van der Waals surface area contributed by atoms with Gasteiger partial charge in [0.15, 0.2) is 0 Å².